The molecule has 28 heavy (non-hydrogen) atoms. The van der Waals surface area contributed by atoms with Crippen molar-refractivity contribution in [1.82, 2.24) is 19.8 Å². The molecule has 0 bridgehead atoms. The minimum Gasteiger partial charge on any atom is -0.497 e. The number of hydrogen-bond donors (Lipinski definition) is 1. The maximum atomic E-state index is 5.93. The van der Waals surface area contributed by atoms with Crippen LogP contribution in [0.3, 0.4) is 0 Å². The van der Waals surface area contributed by atoms with Gasteiger partial charge < -0.3 is 19.4 Å². The van der Waals surface area contributed by atoms with Gasteiger partial charge in [-0.1, -0.05) is 12.1 Å². The standard InChI is InChI=1S/C22H26N4O2/c1-25-13-12-24-22(25)21-15-23-11-14-26(21)16-17-3-5-19(6-4-17)28-20-9-7-18(27-2)8-10-20/h3-10,12-13,21,23H,11,14-16H2,1-2H3. The summed E-state index contributed by atoms with van der Waals surface area (Å²) >= 11 is 0. The molecule has 0 saturated carbocycles. The summed E-state index contributed by atoms with van der Waals surface area (Å²) < 4.78 is 13.2. The van der Waals surface area contributed by atoms with Crippen molar-refractivity contribution in [1.29, 1.82) is 0 Å². The highest BCUT2D eigenvalue weighted by Crippen LogP contribution is 2.26. The number of benzene rings is 2. The average molecular weight is 378 g/mol. The number of aryl methyl sites for hydroxylation is 1. The van der Waals surface area contributed by atoms with Gasteiger partial charge in [0.15, 0.2) is 0 Å². The zero-order valence-electron chi connectivity index (χ0n) is 16.3. The molecule has 1 aliphatic heterocycles. The number of methoxy groups -OCH3 is 1. The lowest BCUT2D eigenvalue weighted by Gasteiger charge is -2.35. The third-order valence-corrected chi connectivity index (χ3v) is 5.11. The largest absolute Gasteiger partial charge is 0.497 e. The highest BCUT2D eigenvalue weighted by Gasteiger charge is 2.26. The molecule has 0 amide bonds. The van der Waals surface area contributed by atoms with Crippen LogP contribution in [0.1, 0.15) is 17.4 Å². The minimum absolute atomic E-state index is 0.281. The summed E-state index contributed by atoms with van der Waals surface area (Å²) in [5.41, 5.74) is 1.27. The molecule has 1 aromatic heterocycles. The van der Waals surface area contributed by atoms with Gasteiger partial charge in [0.2, 0.25) is 0 Å². The predicted octanol–water partition coefficient (Wildman–Crippen LogP) is 3.37. The van der Waals surface area contributed by atoms with E-state index >= 15 is 0 Å². The van der Waals surface area contributed by atoms with E-state index in [9.17, 15) is 0 Å². The first-order valence-corrected chi connectivity index (χ1v) is 9.56. The highest BCUT2D eigenvalue weighted by atomic mass is 16.5. The summed E-state index contributed by atoms with van der Waals surface area (Å²) in [5, 5.41) is 3.49. The van der Waals surface area contributed by atoms with E-state index in [0.717, 1.165) is 49.3 Å². The molecular weight excluding hydrogens is 352 g/mol. The molecule has 0 spiro atoms. The summed E-state index contributed by atoms with van der Waals surface area (Å²) in [6, 6.07) is 16.2. The average Bonchev–Trinajstić information content (AvgIpc) is 3.16. The Balaban J connectivity index is 1.42. The molecule has 2 aromatic carbocycles. The zero-order valence-corrected chi connectivity index (χ0v) is 16.3. The highest BCUT2D eigenvalue weighted by molar-refractivity contribution is 5.36. The van der Waals surface area contributed by atoms with Crippen LogP contribution in [0.25, 0.3) is 0 Å². The van der Waals surface area contributed by atoms with E-state index in [4.69, 9.17) is 9.47 Å². The van der Waals surface area contributed by atoms with Crippen LogP contribution in [0.5, 0.6) is 17.2 Å². The molecule has 3 aromatic rings. The maximum Gasteiger partial charge on any atom is 0.127 e. The van der Waals surface area contributed by atoms with E-state index < -0.39 is 0 Å². The van der Waals surface area contributed by atoms with Crippen molar-refractivity contribution in [2.75, 3.05) is 26.7 Å². The summed E-state index contributed by atoms with van der Waals surface area (Å²) in [4.78, 5) is 7.04. The van der Waals surface area contributed by atoms with E-state index in [0.29, 0.717) is 0 Å². The van der Waals surface area contributed by atoms with Gasteiger partial charge in [-0.05, 0) is 42.0 Å². The zero-order chi connectivity index (χ0) is 19.3. The molecule has 1 aliphatic rings. The summed E-state index contributed by atoms with van der Waals surface area (Å²) in [6.45, 7) is 3.81. The van der Waals surface area contributed by atoms with Crippen LogP contribution in [0.4, 0.5) is 0 Å². The second-order valence-electron chi connectivity index (χ2n) is 7.01. The summed E-state index contributed by atoms with van der Waals surface area (Å²) in [7, 11) is 3.71. The van der Waals surface area contributed by atoms with E-state index in [2.05, 4.69) is 38.9 Å². The number of nitrogens with one attached hydrogen (secondary N) is 1. The Kier molecular flexibility index (Phi) is 5.60. The predicted molar refractivity (Wildman–Crippen MR) is 109 cm³/mol. The Morgan fingerprint density at radius 1 is 1.04 bits per heavy atom. The van der Waals surface area contributed by atoms with Crippen LogP contribution in [-0.2, 0) is 13.6 Å². The Labute approximate surface area is 165 Å². The molecule has 1 atom stereocenters. The van der Waals surface area contributed by atoms with Crippen LogP contribution in [0.15, 0.2) is 60.9 Å². The summed E-state index contributed by atoms with van der Waals surface area (Å²) in [6.07, 6.45) is 3.88. The topological polar surface area (TPSA) is 51.6 Å². The second kappa shape index (κ2) is 8.46. The minimum atomic E-state index is 0.281. The summed E-state index contributed by atoms with van der Waals surface area (Å²) in [5.74, 6) is 3.55. The van der Waals surface area contributed by atoms with Gasteiger partial charge >= 0.3 is 0 Å². The fourth-order valence-electron chi connectivity index (χ4n) is 3.57. The molecular formula is C22H26N4O2. The lowest BCUT2D eigenvalue weighted by atomic mass is 10.1. The molecule has 2 heterocycles. The van der Waals surface area contributed by atoms with E-state index in [1.165, 1.54) is 5.56 Å². The van der Waals surface area contributed by atoms with Crippen molar-refractivity contribution < 1.29 is 9.47 Å². The first-order valence-electron chi connectivity index (χ1n) is 9.56. The molecule has 1 fully saturated rings. The number of piperazine rings is 1. The first-order chi connectivity index (χ1) is 13.7. The number of imidazole rings is 1. The van der Waals surface area contributed by atoms with Crippen LogP contribution in [0.2, 0.25) is 0 Å². The Hall–Kier alpha value is -2.83. The molecule has 1 unspecified atom stereocenters. The first kappa shape index (κ1) is 18.5. The Morgan fingerprint density at radius 2 is 1.71 bits per heavy atom. The monoisotopic (exact) mass is 378 g/mol. The van der Waals surface area contributed by atoms with Crippen molar-refractivity contribution in [2.45, 2.75) is 12.6 Å². The lowest BCUT2D eigenvalue weighted by molar-refractivity contribution is 0.144. The van der Waals surface area contributed by atoms with Crippen LogP contribution in [-0.4, -0.2) is 41.2 Å². The van der Waals surface area contributed by atoms with Gasteiger partial charge in [0.25, 0.3) is 0 Å². The van der Waals surface area contributed by atoms with Crippen LogP contribution in [0, 0.1) is 0 Å². The number of rotatable bonds is 6. The second-order valence-corrected chi connectivity index (χ2v) is 7.01. The van der Waals surface area contributed by atoms with Gasteiger partial charge in [0, 0.05) is 45.6 Å². The van der Waals surface area contributed by atoms with Gasteiger partial charge in [-0.25, -0.2) is 4.98 Å². The van der Waals surface area contributed by atoms with Gasteiger partial charge in [0.05, 0.1) is 13.2 Å². The van der Waals surface area contributed by atoms with Crippen molar-refractivity contribution in [3.8, 4) is 17.2 Å². The van der Waals surface area contributed by atoms with Gasteiger partial charge in [-0.15, -0.1) is 0 Å². The van der Waals surface area contributed by atoms with Gasteiger partial charge in [0.1, 0.15) is 23.1 Å². The molecule has 6 heteroatoms. The Morgan fingerprint density at radius 3 is 2.36 bits per heavy atom. The number of aromatic nitrogens is 2. The molecule has 6 nitrogen and oxygen atoms in total. The van der Waals surface area contributed by atoms with E-state index in [1.54, 1.807) is 7.11 Å². The number of nitrogens with zero attached hydrogens (tertiary/aromatic N) is 3. The molecule has 0 aliphatic carbocycles. The molecule has 146 valence electrons. The fourth-order valence-corrected chi connectivity index (χ4v) is 3.57. The van der Waals surface area contributed by atoms with Crippen LogP contribution < -0.4 is 14.8 Å². The van der Waals surface area contributed by atoms with Crippen molar-refractivity contribution in [3.63, 3.8) is 0 Å². The molecule has 4 rings (SSSR count). The third kappa shape index (κ3) is 4.18. The van der Waals surface area contributed by atoms with Crippen molar-refractivity contribution >= 4 is 0 Å². The van der Waals surface area contributed by atoms with Crippen LogP contribution >= 0.6 is 0 Å². The third-order valence-electron chi connectivity index (χ3n) is 5.11. The van der Waals surface area contributed by atoms with Gasteiger partial charge in [-0.2, -0.15) is 0 Å². The smallest absolute Gasteiger partial charge is 0.127 e. The van der Waals surface area contributed by atoms with Gasteiger partial charge in [-0.3, -0.25) is 4.90 Å². The van der Waals surface area contributed by atoms with Crippen molar-refractivity contribution in [3.05, 3.63) is 72.3 Å². The van der Waals surface area contributed by atoms with E-state index in [-0.39, 0.29) is 6.04 Å². The maximum absolute atomic E-state index is 5.93. The number of ether oxygens (including phenoxy) is 2. The normalized spacial score (nSPS) is 17.4. The van der Waals surface area contributed by atoms with Crippen molar-refractivity contribution in [2.24, 2.45) is 7.05 Å². The van der Waals surface area contributed by atoms with E-state index in [1.807, 2.05) is 48.8 Å². The number of hydrogen-bond acceptors (Lipinski definition) is 5. The Bertz CT molecular complexity index is 890. The lowest BCUT2D eigenvalue weighted by Crippen LogP contribution is -2.46. The molecule has 0 radical (unpaired) electrons. The SMILES string of the molecule is COc1ccc(Oc2ccc(CN3CCNCC3c3nccn3C)cc2)cc1. The fraction of sp³-hybridized carbons (Fsp3) is 0.318. The quantitative estimate of drug-likeness (QED) is 0.713. The molecule has 1 N–H and O–H groups in total. The molecule has 1 saturated heterocycles.